The van der Waals surface area contributed by atoms with Gasteiger partial charge in [0.2, 0.25) is 0 Å². The van der Waals surface area contributed by atoms with E-state index >= 15 is 0 Å². The zero-order chi connectivity index (χ0) is 19.5. The molecule has 142 valence electrons. The fourth-order valence-electron chi connectivity index (χ4n) is 2.87. The first-order valence-electron chi connectivity index (χ1n) is 9.10. The van der Waals surface area contributed by atoms with Gasteiger partial charge in [-0.05, 0) is 55.8 Å². The highest BCUT2D eigenvalue weighted by Gasteiger charge is 2.09. The molecular weight excluding hydrogens is 354 g/mol. The third kappa shape index (κ3) is 4.03. The summed E-state index contributed by atoms with van der Waals surface area (Å²) in [5.41, 5.74) is 2.58. The Bertz CT molecular complexity index is 1090. The molecule has 0 bridgehead atoms. The van der Waals surface area contributed by atoms with Crippen molar-refractivity contribution in [3.63, 3.8) is 0 Å². The van der Waals surface area contributed by atoms with Crippen LogP contribution in [0, 0.1) is 0 Å². The molecule has 2 aromatic heterocycles. The zero-order valence-corrected chi connectivity index (χ0v) is 15.7. The predicted octanol–water partition coefficient (Wildman–Crippen LogP) is 3.95. The number of phenolic OH excluding ortho intramolecular Hbond substituents is 1. The van der Waals surface area contributed by atoms with Crippen LogP contribution in [0.25, 0.3) is 5.65 Å². The van der Waals surface area contributed by atoms with Gasteiger partial charge < -0.3 is 15.2 Å². The Hall–Kier alpha value is -3.61. The van der Waals surface area contributed by atoms with Crippen molar-refractivity contribution >= 4 is 17.2 Å². The molecule has 2 aromatic carbocycles. The van der Waals surface area contributed by atoms with Gasteiger partial charge in [-0.2, -0.15) is 4.52 Å². The zero-order valence-electron chi connectivity index (χ0n) is 15.7. The van der Waals surface area contributed by atoms with Gasteiger partial charge in [0.1, 0.15) is 11.5 Å². The summed E-state index contributed by atoms with van der Waals surface area (Å²) in [6.45, 7) is 3.99. The van der Waals surface area contributed by atoms with Gasteiger partial charge in [0.25, 0.3) is 0 Å². The number of aromatic hydroxyl groups is 1. The molecule has 0 aliphatic carbocycles. The summed E-state index contributed by atoms with van der Waals surface area (Å²) >= 11 is 0. The lowest BCUT2D eigenvalue weighted by Crippen LogP contribution is -2.06. The van der Waals surface area contributed by atoms with E-state index in [4.69, 9.17) is 4.74 Å². The maximum Gasteiger partial charge on any atom is 0.178 e. The molecule has 0 amide bonds. The summed E-state index contributed by atoms with van der Waals surface area (Å²) in [6, 6.07) is 18.5. The monoisotopic (exact) mass is 375 g/mol. The molecule has 0 fully saturated rings. The minimum Gasteiger partial charge on any atom is -0.508 e. The Morgan fingerprint density at radius 2 is 1.86 bits per heavy atom. The van der Waals surface area contributed by atoms with Crippen molar-refractivity contribution < 1.29 is 9.84 Å². The molecule has 28 heavy (non-hydrogen) atoms. The quantitative estimate of drug-likeness (QED) is 0.531. The van der Waals surface area contributed by atoms with Crippen LogP contribution >= 0.6 is 0 Å². The van der Waals surface area contributed by atoms with Crippen LogP contribution in [0.1, 0.15) is 25.2 Å². The molecule has 2 heterocycles. The molecule has 7 nitrogen and oxygen atoms in total. The topological polar surface area (TPSA) is 84.6 Å². The highest BCUT2D eigenvalue weighted by molar-refractivity contribution is 5.59. The van der Waals surface area contributed by atoms with Gasteiger partial charge in [-0.15, -0.1) is 15.3 Å². The van der Waals surface area contributed by atoms with Crippen LogP contribution in [0.3, 0.4) is 0 Å². The number of rotatable bonds is 6. The molecule has 0 atom stereocenters. The second-order valence-corrected chi connectivity index (χ2v) is 6.77. The van der Waals surface area contributed by atoms with E-state index in [0.29, 0.717) is 17.9 Å². The Balaban J connectivity index is 1.58. The van der Waals surface area contributed by atoms with Crippen LogP contribution in [-0.4, -0.2) is 31.0 Å². The first-order chi connectivity index (χ1) is 13.6. The van der Waals surface area contributed by atoms with Crippen molar-refractivity contribution in [1.82, 2.24) is 19.8 Å². The van der Waals surface area contributed by atoms with E-state index in [1.165, 1.54) is 0 Å². The number of hydrogen-bond donors (Lipinski definition) is 2. The van der Waals surface area contributed by atoms with E-state index < -0.39 is 0 Å². The average molecular weight is 375 g/mol. The largest absolute Gasteiger partial charge is 0.508 e. The molecule has 0 aliphatic heterocycles. The summed E-state index contributed by atoms with van der Waals surface area (Å²) in [4.78, 5) is 0. The van der Waals surface area contributed by atoms with Crippen molar-refractivity contribution in [1.29, 1.82) is 0 Å². The number of hydrogen-bond acceptors (Lipinski definition) is 6. The van der Waals surface area contributed by atoms with Crippen LogP contribution in [0.5, 0.6) is 11.5 Å². The molecule has 0 radical (unpaired) electrons. The normalized spacial score (nSPS) is 11.1. The van der Waals surface area contributed by atoms with E-state index in [2.05, 4.69) is 20.6 Å². The third-order valence-corrected chi connectivity index (χ3v) is 4.10. The van der Waals surface area contributed by atoms with Crippen molar-refractivity contribution in [2.75, 3.05) is 5.32 Å². The van der Waals surface area contributed by atoms with Crippen molar-refractivity contribution in [3.8, 4) is 11.5 Å². The number of aromatic nitrogens is 4. The molecule has 7 heteroatoms. The summed E-state index contributed by atoms with van der Waals surface area (Å²) in [5, 5.41) is 25.8. The number of benzene rings is 2. The molecule has 0 spiro atoms. The van der Waals surface area contributed by atoms with Gasteiger partial charge in [-0.1, -0.05) is 18.2 Å². The Labute approximate surface area is 162 Å². The molecule has 0 unspecified atom stereocenters. The summed E-state index contributed by atoms with van der Waals surface area (Å²) in [6.07, 6.45) is 0.680. The van der Waals surface area contributed by atoms with Crippen LogP contribution in [-0.2, 0) is 6.42 Å². The second-order valence-electron chi connectivity index (χ2n) is 6.77. The molecule has 0 aliphatic rings. The van der Waals surface area contributed by atoms with Gasteiger partial charge in [0, 0.05) is 18.2 Å². The molecule has 2 N–H and O–H groups in total. The number of fused-ring (bicyclic) bond motifs is 1. The second kappa shape index (κ2) is 7.56. The number of phenols is 1. The lowest BCUT2D eigenvalue weighted by molar-refractivity contribution is 0.242. The van der Waals surface area contributed by atoms with Gasteiger partial charge >= 0.3 is 0 Å². The number of anilines is 2. The molecular formula is C21H21N5O2. The van der Waals surface area contributed by atoms with E-state index in [1.54, 1.807) is 16.6 Å². The minimum absolute atomic E-state index is 0.115. The maximum absolute atomic E-state index is 9.44. The van der Waals surface area contributed by atoms with Gasteiger partial charge in [0.15, 0.2) is 17.3 Å². The van der Waals surface area contributed by atoms with Crippen molar-refractivity contribution in [2.45, 2.75) is 26.4 Å². The van der Waals surface area contributed by atoms with Crippen LogP contribution in [0.2, 0.25) is 0 Å². The number of nitrogens with one attached hydrogen (secondary N) is 1. The summed E-state index contributed by atoms with van der Waals surface area (Å²) in [5.74, 6) is 2.45. The van der Waals surface area contributed by atoms with Crippen LogP contribution < -0.4 is 10.1 Å². The highest BCUT2D eigenvalue weighted by atomic mass is 16.5. The fourth-order valence-corrected chi connectivity index (χ4v) is 2.87. The van der Waals surface area contributed by atoms with E-state index in [-0.39, 0.29) is 11.9 Å². The smallest absolute Gasteiger partial charge is 0.178 e. The van der Waals surface area contributed by atoms with Gasteiger partial charge in [-0.3, -0.25) is 0 Å². The first kappa shape index (κ1) is 17.8. The molecule has 4 rings (SSSR count). The predicted molar refractivity (Wildman–Crippen MR) is 107 cm³/mol. The third-order valence-electron chi connectivity index (χ3n) is 4.10. The number of nitrogens with zero attached hydrogens (tertiary/aromatic N) is 4. The van der Waals surface area contributed by atoms with Gasteiger partial charge in [-0.25, -0.2) is 0 Å². The first-order valence-corrected chi connectivity index (χ1v) is 9.10. The van der Waals surface area contributed by atoms with E-state index in [9.17, 15) is 5.11 Å². The Kier molecular flexibility index (Phi) is 4.80. The molecule has 4 aromatic rings. The fraction of sp³-hybridized carbons (Fsp3) is 0.190. The van der Waals surface area contributed by atoms with Crippen molar-refractivity contribution in [2.24, 2.45) is 0 Å². The molecule has 0 saturated heterocycles. The highest BCUT2D eigenvalue weighted by Crippen LogP contribution is 2.22. The maximum atomic E-state index is 9.44. The Morgan fingerprint density at radius 1 is 1.04 bits per heavy atom. The van der Waals surface area contributed by atoms with Gasteiger partial charge in [0.05, 0.1) is 6.10 Å². The minimum atomic E-state index is 0.115. The lowest BCUT2D eigenvalue weighted by atomic mass is 10.1. The van der Waals surface area contributed by atoms with Crippen LogP contribution in [0.4, 0.5) is 11.5 Å². The lowest BCUT2D eigenvalue weighted by Gasteiger charge is -2.12. The Morgan fingerprint density at radius 3 is 2.64 bits per heavy atom. The van der Waals surface area contributed by atoms with Crippen molar-refractivity contribution in [3.05, 3.63) is 72.1 Å². The number of ether oxygens (including phenoxy) is 1. The van der Waals surface area contributed by atoms with E-state index in [0.717, 1.165) is 22.8 Å². The standard InChI is InChI=1S/C21H21N5O2/c1-14(2)28-18-5-3-4-16(13-18)22-19-10-11-20-23-24-21(26(20)25-19)12-15-6-8-17(27)9-7-15/h3-11,13-14,27H,12H2,1-2H3,(H,22,25). The SMILES string of the molecule is CC(C)Oc1cccc(Nc2ccc3nnc(Cc4ccc(O)cc4)n3n2)c1. The van der Waals surface area contributed by atoms with Crippen LogP contribution in [0.15, 0.2) is 60.7 Å². The van der Waals surface area contributed by atoms with E-state index in [1.807, 2.05) is 62.4 Å². The average Bonchev–Trinajstić information content (AvgIpc) is 3.05. The summed E-state index contributed by atoms with van der Waals surface area (Å²) < 4.78 is 7.47. The molecule has 0 saturated carbocycles. The summed E-state index contributed by atoms with van der Waals surface area (Å²) in [7, 11) is 0.